The van der Waals surface area contributed by atoms with Gasteiger partial charge in [0, 0.05) is 15.5 Å². The first-order chi connectivity index (χ1) is 7.41. The molecule has 1 rings (SSSR count). The number of rotatable bonds is 3. The molecule has 1 N–H and O–H groups in total. The van der Waals surface area contributed by atoms with Gasteiger partial charge in [-0.15, -0.1) is 11.6 Å². The molecule has 0 heterocycles. The lowest BCUT2D eigenvalue weighted by Crippen LogP contribution is -2.32. The maximum atomic E-state index is 11.7. The van der Waals surface area contributed by atoms with Crippen molar-refractivity contribution in [1.29, 1.82) is 0 Å². The van der Waals surface area contributed by atoms with Gasteiger partial charge in [-0.1, -0.05) is 27.5 Å². The van der Waals surface area contributed by atoms with E-state index < -0.39 is 5.38 Å². The van der Waals surface area contributed by atoms with Crippen LogP contribution >= 0.6 is 39.1 Å². The Hall–Kier alpha value is -0.250. The number of alkyl halides is 1. The van der Waals surface area contributed by atoms with Crippen molar-refractivity contribution in [2.75, 3.05) is 0 Å². The maximum absolute atomic E-state index is 11.7. The molecule has 0 saturated carbocycles. The van der Waals surface area contributed by atoms with E-state index in [0.717, 1.165) is 4.47 Å². The van der Waals surface area contributed by atoms with Gasteiger partial charge in [0.15, 0.2) is 0 Å². The highest BCUT2D eigenvalue weighted by Gasteiger charge is 2.20. The lowest BCUT2D eigenvalue weighted by atomic mass is 10.1. The summed E-state index contributed by atoms with van der Waals surface area (Å²) < 4.78 is 0.774. The Kier molecular flexibility index (Phi) is 5.09. The van der Waals surface area contributed by atoms with Gasteiger partial charge in [-0.2, -0.15) is 0 Å². The van der Waals surface area contributed by atoms with Crippen LogP contribution in [0, 0.1) is 0 Å². The number of amides is 1. The molecule has 0 aliphatic carbocycles. The largest absolute Gasteiger partial charge is 0.352 e. The second kappa shape index (κ2) is 5.89. The number of halogens is 3. The van der Waals surface area contributed by atoms with E-state index >= 15 is 0 Å². The minimum atomic E-state index is -0.740. The fourth-order valence-corrected chi connectivity index (χ4v) is 2.24. The highest BCUT2D eigenvalue weighted by molar-refractivity contribution is 9.10. The van der Waals surface area contributed by atoms with Crippen molar-refractivity contribution < 1.29 is 4.79 Å². The van der Waals surface area contributed by atoms with E-state index in [1.165, 1.54) is 0 Å². The van der Waals surface area contributed by atoms with Crippen molar-refractivity contribution in [2.24, 2.45) is 0 Å². The standard InChI is InChI=1S/C11H12BrCl2NO/c1-6(2)15-11(16)10(14)8-5-7(13)3-4-9(8)12/h3-6,10H,1-2H3,(H,15,16). The highest BCUT2D eigenvalue weighted by atomic mass is 79.9. The molecule has 0 radical (unpaired) electrons. The van der Waals surface area contributed by atoms with E-state index in [1.807, 2.05) is 13.8 Å². The molecule has 0 spiro atoms. The third-order valence-corrected chi connectivity index (χ3v) is 3.28. The molecular formula is C11H12BrCl2NO. The first-order valence-corrected chi connectivity index (χ1v) is 6.42. The zero-order valence-corrected chi connectivity index (χ0v) is 12.0. The fraction of sp³-hybridized carbons (Fsp3) is 0.364. The predicted octanol–water partition coefficient (Wildman–Crippen LogP) is 3.91. The maximum Gasteiger partial charge on any atom is 0.242 e. The number of carbonyl (C=O) groups excluding carboxylic acids is 1. The number of carbonyl (C=O) groups is 1. The molecule has 5 heteroatoms. The lowest BCUT2D eigenvalue weighted by Gasteiger charge is -2.14. The molecule has 88 valence electrons. The van der Waals surface area contributed by atoms with Gasteiger partial charge in [0.1, 0.15) is 5.38 Å². The molecular weight excluding hydrogens is 313 g/mol. The molecule has 0 fully saturated rings. The highest BCUT2D eigenvalue weighted by Crippen LogP contribution is 2.30. The molecule has 1 amide bonds. The molecule has 0 bridgehead atoms. The summed E-state index contributed by atoms with van der Waals surface area (Å²) in [6.45, 7) is 3.77. The molecule has 1 aromatic carbocycles. The summed E-state index contributed by atoms with van der Waals surface area (Å²) in [7, 11) is 0. The summed E-state index contributed by atoms with van der Waals surface area (Å²) in [6.07, 6.45) is 0. The van der Waals surface area contributed by atoms with Crippen LogP contribution < -0.4 is 5.32 Å². The van der Waals surface area contributed by atoms with Crippen LogP contribution in [0.1, 0.15) is 24.8 Å². The molecule has 1 aromatic rings. The second-order valence-electron chi connectivity index (χ2n) is 3.69. The van der Waals surface area contributed by atoms with Gasteiger partial charge in [0.05, 0.1) is 0 Å². The zero-order chi connectivity index (χ0) is 12.3. The normalized spacial score (nSPS) is 12.6. The zero-order valence-electron chi connectivity index (χ0n) is 8.93. The van der Waals surface area contributed by atoms with Crippen molar-refractivity contribution in [2.45, 2.75) is 25.3 Å². The average molecular weight is 325 g/mol. The Morgan fingerprint density at radius 1 is 1.44 bits per heavy atom. The average Bonchev–Trinajstić information content (AvgIpc) is 2.19. The van der Waals surface area contributed by atoms with E-state index in [1.54, 1.807) is 18.2 Å². The SMILES string of the molecule is CC(C)NC(=O)C(Cl)c1cc(Cl)ccc1Br. The first-order valence-electron chi connectivity index (χ1n) is 4.81. The van der Waals surface area contributed by atoms with Gasteiger partial charge in [0.25, 0.3) is 0 Å². The third kappa shape index (κ3) is 3.65. The van der Waals surface area contributed by atoms with Crippen molar-refractivity contribution in [3.63, 3.8) is 0 Å². The second-order valence-corrected chi connectivity index (χ2v) is 5.42. The lowest BCUT2D eigenvalue weighted by molar-refractivity contribution is -0.121. The van der Waals surface area contributed by atoms with E-state index in [9.17, 15) is 4.79 Å². The molecule has 0 aliphatic rings. The van der Waals surface area contributed by atoms with Crippen molar-refractivity contribution >= 4 is 45.0 Å². The summed E-state index contributed by atoms with van der Waals surface area (Å²) in [5.41, 5.74) is 0.673. The van der Waals surface area contributed by atoms with E-state index in [4.69, 9.17) is 23.2 Å². The summed E-state index contributed by atoms with van der Waals surface area (Å²) in [5, 5.41) is 2.57. The van der Waals surface area contributed by atoms with Gasteiger partial charge in [-0.05, 0) is 37.6 Å². The topological polar surface area (TPSA) is 29.1 Å². The van der Waals surface area contributed by atoms with Crippen LogP contribution in [0.25, 0.3) is 0 Å². The van der Waals surface area contributed by atoms with Crippen LogP contribution in [0.15, 0.2) is 22.7 Å². The van der Waals surface area contributed by atoms with Gasteiger partial charge < -0.3 is 5.32 Å². The summed E-state index contributed by atoms with van der Waals surface area (Å²) in [6, 6.07) is 5.25. The smallest absolute Gasteiger partial charge is 0.242 e. The van der Waals surface area contributed by atoms with Crippen LogP contribution in [0.3, 0.4) is 0 Å². The molecule has 0 aliphatic heterocycles. The van der Waals surface area contributed by atoms with Crippen LogP contribution in [-0.2, 0) is 4.79 Å². The number of hydrogen-bond donors (Lipinski definition) is 1. The van der Waals surface area contributed by atoms with Crippen LogP contribution in [-0.4, -0.2) is 11.9 Å². The third-order valence-electron chi connectivity index (χ3n) is 1.89. The minimum Gasteiger partial charge on any atom is -0.352 e. The Morgan fingerprint density at radius 2 is 2.06 bits per heavy atom. The molecule has 0 aromatic heterocycles. The molecule has 2 nitrogen and oxygen atoms in total. The minimum absolute atomic E-state index is 0.0618. The van der Waals surface area contributed by atoms with Gasteiger partial charge in [0.2, 0.25) is 5.91 Å². The monoisotopic (exact) mass is 323 g/mol. The van der Waals surface area contributed by atoms with Gasteiger partial charge in [-0.3, -0.25) is 4.79 Å². The van der Waals surface area contributed by atoms with Crippen LogP contribution in [0.5, 0.6) is 0 Å². The van der Waals surface area contributed by atoms with E-state index in [0.29, 0.717) is 10.6 Å². The number of benzene rings is 1. The van der Waals surface area contributed by atoms with Gasteiger partial charge >= 0.3 is 0 Å². The van der Waals surface area contributed by atoms with E-state index in [-0.39, 0.29) is 11.9 Å². The van der Waals surface area contributed by atoms with Crippen molar-refractivity contribution in [3.8, 4) is 0 Å². The Labute approximate surface area is 113 Å². The fourth-order valence-electron chi connectivity index (χ4n) is 1.21. The predicted molar refractivity (Wildman–Crippen MR) is 71.0 cm³/mol. The Morgan fingerprint density at radius 3 is 2.62 bits per heavy atom. The van der Waals surface area contributed by atoms with Crippen molar-refractivity contribution in [1.82, 2.24) is 5.32 Å². The number of hydrogen-bond acceptors (Lipinski definition) is 1. The summed E-state index contributed by atoms with van der Waals surface area (Å²) >= 11 is 15.3. The van der Waals surface area contributed by atoms with Crippen molar-refractivity contribution in [3.05, 3.63) is 33.3 Å². The molecule has 1 atom stereocenters. The van der Waals surface area contributed by atoms with Crippen LogP contribution in [0.2, 0.25) is 5.02 Å². The molecule has 1 unspecified atom stereocenters. The van der Waals surface area contributed by atoms with Crippen LogP contribution in [0.4, 0.5) is 0 Å². The summed E-state index contributed by atoms with van der Waals surface area (Å²) in [5.74, 6) is -0.223. The van der Waals surface area contributed by atoms with Gasteiger partial charge in [-0.25, -0.2) is 0 Å². The Balaban J connectivity index is 2.91. The molecule has 16 heavy (non-hydrogen) atoms. The molecule has 0 saturated heterocycles. The Bertz CT molecular complexity index is 396. The first kappa shape index (κ1) is 13.8. The number of nitrogens with one attached hydrogen (secondary N) is 1. The quantitative estimate of drug-likeness (QED) is 0.839. The van der Waals surface area contributed by atoms with E-state index in [2.05, 4.69) is 21.2 Å². The summed E-state index contributed by atoms with van der Waals surface area (Å²) in [4.78, 5) is 11.7.